The molecule has 1 heterocycles. The first-order valence-corrected chi connectivity index (χ1v) is 12.9. The third kappa shape index (κ3) is 5.11. The van der Waals surface area contributed by atoms with E-state index in [0.29, 0.717) is 29.5 Å². The highest BCUT2D eigenvalue weighted by Gasteiger charge is 2.53. The minimum absolute atomic E-state index is 0.0448. The van der Waals surface area contributed by atoms with Crippen LogP contribution in [0.3, 0.4) is 0 Å². The topological polar surface area (TPSA) is 108 Å². The maximum absolute atomic E-state index is 15.2. The molecule has 1 N–H and O–H groups in total. The minimum Gasteiger partial charge on any atom is -0.772 e. The van der Waals surface area contributed by atoms with Crippen LogP contribution in [0.5, 0.6) is 0 Å². The van der Waals surface area contributed by atoms with E-state index in [-0.39, 0.29) is 29.4 Å². The lowest BCUT2D eigenvalue weighted by atomic mass is 9.93. The summed E-state index contributed by atoms with van der Waals surface area (Å²) in [5.74, 6) is -2.38. The zero-order valence-electron chi connectivity index (χ0n) is 20.0. The predicted molar refractivity (Wildman–Crippen MR) is 132 cm³/mol. The molecule has 7 nitrogen and oxygen atoms in total. The van der Waals surface area contributed by atoms with Gasteiger partial charge in [0, 0.05) is 22.1 Å². The first-order valence-electron chi connectivity index (χ1n) is 11.7. The Hall–Kier alpha value is -3.83. The highest BCUT2D eigenvalue weighted by molar-refractivity contribution is 7.79. The van der Waals surface area contributed by atoms with Crippen molar-refractivity contribution in [3.63, 3.8) is 0 Å². The minimum atomic E-state index is -2.26. The van der Waals surface area contributed by atoms with Gasteiger partial charge in [-0.25, -0.2) is 13.2 Å². The van der Waals surface area contributed by atoms with Crippen LogP contribution in [0.2, 0.25) is 0 Å². The monoisotopic (exact) mass is 540 g/mol. The molecule has 3 aromatic carbocycles. The van der Waals surface area contributed by atoms with Crippen LogP contribution in [-0.2, 0) is 27.7 Å². The van der Waals surface area contributed by atoms with Gasteiger partial charge in [0.15, 0.2) is 5.82 Å². The normalized spacial score (nSPS) is 15.6. The number of hydrogen-bond acceptors (Lipinski definition) is 6. The molecule has 196 valence electrons. The van der Waals surface area contributed by atoms with E-state index in [4.69, 9.17) is 4.52 Å². The average molecular weight is 541 g/mol. The molecule has 4 aromatic rings. The molecule has 2 atom stereocenters. The Morgan fingerprint density at radius 3 is 2.29 bits per heavy atom. The summed E-state index contributed by atoms with van der Waals surface area (Å²) in [6.45, 7) is 1.55. The molecular weight excluding hydrogens is 519 g/mol. The van der Waals surface area contributed by atoms with E-state index in [0.717, 1.165) is 12.1 Å². The Morgan fingerprint density at radius 2 is 1.71 bits per heavy atom. The SMILES string of the molecule is CC(c1ccc(CC(=O)Nc2cc(F)c(C3(c4noc(-c5ccc(F)cc5)n4)CC3)c(F)c2)cc1)S(=O)[O-]. The van der Waals surface area contributed by atoms with Gasteiger partial charge in [0.25, 0.3) is 5.89 Å². The third-order valence-corrected chi connectivity index (χ3v) is 7.45. The van der Waals surface area contributed by atoms with Gasteiger partial charge in [-0.3, -0.25) is 9.00 Å². The van der Waals surface area contributed by atoms with Gasteiger partial charge in [0.1, 0.15) is 17.5 Å². The zero-order chi connectivity index (χ0) is 27.0. The summed E-state index contributed by atoms with van der Waals surface area (Å²) < 4.78 is 71.1. The van der Waals surface area contributed by atoms with Gasteiger partial charge in [0.05, 0.1) is 11.8 Å². The van der Waals surface area contributed by atoms with Crippen molar-refractivity contribution in [2.24, 2.45) is 0 Å². The van der Waals surface area contributed by atoms with Crippen molar-refractivity contribution in [3.8, 4) is 11.5 Å². The molecule has 5 rings (SSSR count). The molecule has 0 radical (unpaired) electrons. The summed E-state index contributed by atoms with van der Waals surface area (Å²) >= 11 is -2.26. The Labute approximate surface area is 218 Å². The summed E-state index contributed by atoms with van der Waals surface area (Å²) in [6, 6.07) is 14.0. The average Bonchev–Trinajstić information content (AvgIpc) is 3.50. The van der Waals surface area contributed by atoms with Crippen LogP contribution in [0.15, 0.2) is 65.2 Å². The molecule has 38 heavy (non-hydrogen) atoms. The van der Waals surface area contributed by atoms with Crippen molar-refractivity contribution >= 4 is 22.7 Å². The van der Waals surface area contributed by atoms with Crippen LogP contribution in [0.25, 0.3) is 11.5 Å². The van der Waals surface area contributed by atoms with Crippen molar-refractivity contribution in [1.82, 2.24) is 10.1 Å². The predicted octanol–water partition coefficient (Wildman–Crippen LogP) is 5.36. The molecule has 1 saturated carbocycles. The number of carbonyl (C=O) groups excluding carboxylic acids is 1. The molecule has 1 aromatic heterocycles. The molecule has 1 aliphatic carbocycles. The molecule has 0 spiro atoms. The summed E-state index contributed by atoms with van der Waals surface area (Å²) in [6.07, 6.45) is 0.742. The molecule has 0 bridgehead atoms. The van der Waals surface area contributed by atoms with Crippen molar-refractivity contribution in [2.45, 2.75) is 36.9 Å². The van der Waals surface area contributed by atoms with Crippen LogP contribution < -0.4 is 5.32 Å². The fourth-order valence-corrected chi connectivity index (χ4v) is 4.73. The van der Waals surface area contributed by atoms with Crippen LogP contribution in [0, 0.1) is 17.5 Å². The Morgan fingerprint density at radius 1 is 1.08 bits per heavy atom. The lowest BCUT2D eigenvalue weighted by molar-refractivity contribution is -0.115. The molecule has 2 unspecified atom stereocenters. The highest BCUT2D eigenvalue weighted by atomic mass is 32.2. The summed E-state index contributed by atoms with van der Waals surface area (Å²) in [4.78, 5) is 16.8. The second-order valence-corrected chi connectivity index (χ2v) is 10.4. The lowest BCUT2D eigenvalue weighted by Gasteiger charge is -2.16. The number of anilines is 1. The zero-order valence-corrected chi connectivity index (χ0v) is 20.9. The Balaban J connectivity index is 1.31. The second-order valence-electron chi connectivity index (χ2n) is 9.20. The van der Waals surface area contributed by atoms with Gasteiger partial charge in [-0.1, -0.05) is 29.4 Å². The Kier molecular flexibility index (Phi) is 6.89. The van der Waals surface area contributed by atoms with E-state index < -0.39 is 45.1 Å². The molecule has 0 aliphatic heterocycles. The van der Waals surface area contributed by atoms with Gasteiger partial charge in [-0.05, 0) is 78.4 Å². The molecule has 11 heteroatoms. The lowest BCUT2D eigenvalue weighted by Crippen LogP contribution is -2.18. The number of halogens is 3. The first kappa shape index (κ1) is 25.8. The molecule has 1 amide bonds. The van der Waals surface area contributed by atoms with Crippen molar-refractivity contribution < 1.29 is 31.3 Å². The highest BCUT2D eigenvalue weighted by Crippen LogP contribution is 2.54. The summed E-state index contributed by atoms with van der Waals surface area (Å²) in [5.41, 5.74) is 0.329. The van der Waals surface area contributed by atoms with Crippen LogP contribution in [-0.4, -0.2) is 24.8 Å². The molecular formula is C27H21F3N3O4S-. The van der Waals surface area contributed by atoms with E-state index in [1.807, 2.05) is 0 Å². The standard InChI is InChI=1S/C27H22F3N3O4S/c1-15(38(35)36)17-4-2-16(3-5-17)12-23(34)31-20-13-21(29)24(22(30)14-20)27(10-11-27)26-32-25(37-33-26)18-6-8-19(28)9-7-18/h2-9,13-15H,10-12H2,1H3,(H,31,34)(H,35,36)/p-1. The maximum Gasteiger partial charge on any atom is 0.257 e. The van der Waals surface area contributed by atoms with E-state index in [1.54, 1.807) is 31.2 Å². The number of nitrogens with one attached hydrogen (secondary N) is 1. The molecule has 1 aliphatic rings. The van der Waals surface area contributed by atoms with Crippen molar-refractivity contribution in [1.29, 1.82) is 0 Å². The van der Waals surface area contributed by atoms with Gasteiger partial charge >= 0.3 is 0 Å². The number of carbonyl (C=O) groups is 1. The number of nitrogens with zero attached hydrogens (tertiary/aromatic N) is 2. The maximum atomic E-state index is 15.2. The number of rotatable bonds is 8. The number of hydrogen-bond donors (Lipinski definition) is 1. The summed E-state index contributed by atoms with van der Waals surface area (Å²) in [7, 11) is 0. The third-order valence-electron chi connectivity index (χ3n) is 6.60. The van der Waals surface area contributed by atoms with Crippen LogP contribution in [0.4, 0.5) is 18.9 Å². The van der Waals surface area contributed by atoms with Crippen LogP contribution >= 0.6 is 0 Å². The Bertz CT molecular complexity index is 1500. The summed E-state index contributed by atoms with van der Waals surface area (Å²) in [5, 5.41) is 5.75. The fraction of sp³-hybridized carbons (Fsp3) is 0.222. The van der Waals surface area contributed by atoms with E-state index >= 15 is 8.78 Å². The van der Waals surface area contributed by atoms with Crippen molar-refractivity contribution in [3.05, 3.63) is 101 Å². The van der Waals surface area contributed by atoms with Gasteiger partial charge < -0.3 is 14.4 Å². The fourth-order valence-electron chi connectivity index (χ4n) is 4.35. The van der Waals surface area contributed by atoms with E-state index in [1.165, 1.54) is 24.3 Å². The number of benzene rings is 3. The van der Waals surface area contributed by atoms with Gasteiger partial charge in [-0.2, -0.15) is 4.98 Å². The first-order chi connectivity index (χ1) is 18.2. The quantitative estimate of drug-likeness (QED) is 0.302. The molecule has 0 saturated heterocycles. The van der Waals surface area contributed by atoms with Crippen LogP contribution in [0.1, 0.15) is 47.5 Å². The van der Waals surface area contributed by atoms with Crippen molar-refractivity contribution in [2.75, 3.05) is 5.32 Å². The number of aromatic nitrogens is 2. The largest absolute Gasteiger partial charge is 0.772 e. The van der Waals surface area contributed by atoms with Gasteiger partial charge in [-0.15, -0.1) is 0 Å². The van der Waals surface area contributed by atoms with Gasteiger partial charge in [0.2, 0.25) is 5.91 Å². The van der Waals surface area contributed by atoms with E-state index in [2.05, 4.69) is 15.5 Å². The number of amides is 1. The van der Waals surface area contributed by atoms with E-state index in [9.17, 15) is 17.9 Å². The smallest absolute Gasteiger partial charge is 0.257 e. The second kappa shape index (κ2) is 10.1. The molecule has 1 fully saturated rings.